The summed E-state index contributed by atoms with van der Waals surface area (Å²) in [5, 5.41) is 11.2. The van der Waals surface area contributed by atoms with E-state index in [2.05, 4.69) is 0 Å². The molecule has 2 aromatic rings. The summed E-state index contributed by atoms with van der Waals surface area (Å²) in [7, 11) is 0. The molecule has 0 saturated heterocycles. The number of fused-ring (bicyclic) bond motifs is 1. The molecule has 4 nitrogen and oxygen atoms in total. The molecule has 0 saturated carbocycles. The number of hydrogen-bond donors (Lipinski definition) is 1. The summed E-state index contributed by atoms with van der Waals surface area (Å²) in [5.41, 5.74) is 0.905. The van der Waals surface area contributed by atoms with Gasteiger partial charge < -0.3 is 10.0 Å². The normalized spacial score (nSPS) is 10.9. The highest BCUT2D eigenvalue weighted by Gasteiger charge is 2.18. The van der Waals surface area contributed by atoms with Gasteiger partial charge in [-0.3, -0.25) is 9.59 Å². The quantitative estimate of drug-likeness (QED) is 0.892. The van der Waals surface area contributed by atoms with Gasteiger partial charge in [0.25, 0.3) is 0 Å². The fraction of sp³-hybridized carbons (Fsp3) is 0.333. The first-order valence-corrected chi connectivity index (χ1v) is 7.43. The van der Waals surface area contributed by atoms with Gasteiger partial charge in [-0.1, -0.05) is 56.3 Å². The van der Waals surface area contributed by atoms with Crippen LogP contribution >= 0.6 is 0 Å². The molecule has 0 atom stereocenters. The highest BCUT2D eigenvalue weighted by molar-refractivity contribution is 5.86. The van der Waals surface area contributed by atoms with Crippen molar-refractivity contribution in [1.82, 2.24) is 4.90 Å². The minimum absolute atomic E-state index is 0.147. The van der Waals surface area contributed by atoms with Crippen LogP contribution in [0.5, 0.6) is 0 Å². The zero-order valence-electron chi connectivity index (χ0n) is 13.0. The van der Waals surface area contributed by atoms with Gasteiger partial charge in [-0.2, -0.15) is 0 Å². The maximum atomic E-state index is 12.4. The average molecular weight is 299 g/mol. The van der Waals surface area contributed by atoms with Gasteiger partial charge >= 0.3 is 5.97 Å². The summed E-state index contributed by atoms with van der Waals surface area (Å²) in [6.45, 7) is 4.15. The fourth-order valence-electron chi connectivity index (χ4n) is 2.49. The number of hydrogen-bond acceptors (Lipinski definition) is 2. The molecule has 0 bridgehead atoms. The number of carbonyl (C=O) groups is 2. The number of rotatable bonds is 6. The summed E-state index contributed by atoms with van der Waals surface area (Å²) < 4.78 is 0. The molecule has 0 aliphatic carbocycles. The molecule has 0 spiro atoms. The Morgan fingerprint density at radius 2 is 1.77 bits per heavy atom. The molecule has 1 amide bonds. The van der Waals surface area contributed by atoms with Gasteiger partial charge in [-0.15, -0.1) is 0 Å². The molecule has 4 heteroatoms. The van der Waals surface area contributed by atoms with Gasteiger partial charge in [-0.25, -0.2) is 0 Å². The number of carboxylic acids is 1. The topological polar surface area (TPSA) is 57.6 Å². The van der Waals surface area contributed by atoms with E-state index in [4.69, 9.17) is 5.11 Å². The third-order valence-electron chi connectivity index (χ3n) is 3.43. The van der Waals surface area contributed by atoms with Crippen LogP contribution in [-0.4, -0.2) is 35.0 Å². The SMILES string of the molecule is CC(C)CN(CC(=O)O)C(=O)Cc1ccc2ccccc2c1. The molecule has 0 aromatic heterocycles. The molecule has 0 aliphatic heterocycles. The van der Waals surface area contributed by atoms with Gasteiger partial charge in [0.15, 0.2) is 0 Å². The van der Waals surface area contributed by atoms with E-state index in [9.17, 15) is 9.59 Å². The Morgan fingerprint density at radius 3 is 2.41 bits per heavy atom. The molecular weight excluding hydrogens is 278 g/mol. The molecule has 0 radical (unpaired) electrons. The number of benzene rings is 2. The van der Waals surface area contributed by atoms with Crippen molar-refractivity contribution in [3.63, 3.8) is 0 Å². The van der Waals surface area contributed by atoms with Crippen LogP contribution in [-0.2, 0) is 16.0 Å². The second-order valence-electron chi connectivity index (χ2n) is 5.92. The number of carboxylic acid groups (broad SMARTS) is 1. The summed E-state index contributed by atoms with van der Waals surface area (Å²) in [6.07, 6.45) is 0.227. The third-order valence-corrected chi connectivity index (χ3v) is 3.43. The predicted octanol–water partition coefficient (Wildman–Crippen LogP) is 2.95. The highest BCUT2D eigenvalue weighted by Crippen LogP contribution is 2.16. The van der Waals surface area contributed by atoms with Crippen molar-refractivity contribution in [1.29, 1.82) is 0 Å². The van der Waals surface area contributed by atoms with Crippen LogP contribution in [0.2, 0.25) is 0 Å². The Bertz CT molecular complexity index is 679. The Balaban J connectivity index is 2.14. The minimum atomic E-state index is -0.979. The molecule has 0 unspecified atom stereocenters. The first kappa shape index (κ1) is 16.0. The van der Waals surface area contributed by atoms with E-state index in [1.165, 1.54) is 4.90 Å². The van der Waals surface area contributed by atoms with Crippen molar-refractivity contribution in [2.75, 3.05) is 13.1 Å². The molecule has 116 valence electrons. The molecule has 2 rings (SSSR count). The number of aliphatic carboxylic acids is 1. The number of carbonyl (C=O) groups excluding carboxylic acids is 1. The third kappa shape index (κ3) is 4.32. The number of nitrogens with zero attached hydrogens (tertiary/aromatic N) is 1. The maximum Gasteiger partial charge on any atom is 0.323 e. The second kappa shape index (κ2) is 7.07. The lowest BCUT2D eigenvalue weighted by Gasteiger charge is -2.22. The van der Waals surface area contributed by atoms with Crippen molar-refractivity contribution < 1.29 is 14.7 Å². The van der Waals surface area contributed by atoms with E-state index in [0.29, 0.717) is 6.54 Å². The van der Waals surface area contributed by atoms with Crippen LogP contribution in [0, 0.1) is 5.92 Å². The fourth-order valence-corrected chi connectivity index (χ4v) is 2.49. The first-order valence-electron chi connectivity index (χ1n) is 7.43. The zero-order chi connectivity index (χ0) is 16.1. The number of amides is 1. The van der Waals surface area contributed by atoms with Crippen LogP contribution < -0.4 is 0 Å². The predicted molar refractivity (Wildman–Crippen MR) is 86.7 cm³/mol. The Morgan fingerprint density at radius 1 is 1.09 bits per heavy atom. The van der Waals surface area contributed by atoms with Gasteiger partial charge in [0.1, 0.15) is 6.54 Å². The van der Waals surface area contributed by atoms with E-state index in [1.807, 2.05) is 56.3 Å². The van der Waals surface area contributed by atoms with Crippen molar-refractivity contribution in [2.45, 2.75) is 20.3 Å². The zero-order valence-corrected chi connectivity index (χ0v) is 13.0. The lowest BCUT2D eigenvalue weighted by atomic mass is 10.0. The van der Waals surface area contributed by atoms with Crippen LogP contribution in [0.4, 0.5) is 0 Å². The van der Waals surface area contributed by atoms with E-state index in [0.717, 1.165) is 16.3 Å². The Kier molecular flexibility index (Phi) is 5.15. The van der Waals surface area contributed by atoms with Gasteiger partial charge in [0.05, 0.1) is 6.42 Å². The molecule has 1 N–H and O–H groups in total. The summed E-state index contributed by atoms with van der Waals surface area (Å²) in [4.78, 5) is 24.7. The second-order valence-corrected chi connectivity index (χ2v) is 5.92. The van der Waals surface area contributed by atoms with Crippen molar-refractivity contribution >= 4 is 22.6 Å². The molecule has 2 aromatic carbocycles. The van der Waals surface area contributed by atoms with Gasteiger partial charge in [0.2, 0.25) is 5.91 Å². The van der Waals surface area contributed by atoms with Crippen LogP contribution in [0.25, 0.3) is 10.8 Å². The summed E-state index contributed by atoms with van der Waals surface area (Å²) in [6, 6.07) is 13.9. The minimum Gasteiger partial charge on any atom is -0.480 e. The van der Waals surface area contributed by atoms with Crippen LogP contribution in [0.3, 0.4) is 0 Å². The van der Waals surface area contributed by atoms with Gasteiger partial charge in [0, 0.05) is 6.54 Å². The smallest absolute Gasteiger partial charge is 0.323 e. The van der Waals surface area contributed by atoms with E-state index < -0.39 is 5.97 Å². The molecule has 0 heterocycles. The standard InChI is InChI=1S/C18H21NO3/c1-13(2)11-19(12-18(21)22)17(20)10-14-7-8-15-5-3-4-6-16(15)9-14/h3-9,13H,10-12H2,1-2H3,(H,21,22). The lowest BCUT2D eigenvalue weighted by molar-refractivity contribution is -0.144. The highest BCUT2D eigenvalue weighted by atomic mass is 16.4. The average Bonchev–Trinajstić information content (AvgIpc) is 2.45. The molecular formula is C18H21NO3. The summed E-state index contributed by atoms with van der Waals surface area (Å²) in [5.74, 6) is -0.890. The first-order chi connectivity index (χ1) is 10.5. The van der Waals surface area contributed by atoms with Crippen molar-refractivity contribution in [3.8, 4) is 0 Å². The van der Waals surface area contributed by atoms with Crippen LogP contribution in [0.1, 0.15) is 19.4 Å². The van der Waals surface area contributed by atoms with E-state index in [1.54, 1.807) is 0 Å². The molecule has 22 heavy (non-hydrogen) atoms. The maximum absolute atomic E-state index is 12.4. The van der Waals surface area contributed by atoms with E-state index in [-0.39, 0.29) is 24.8 Å². The largest absolute Gasteiger partial charge is 0.480 e. The molecule has 0 aliphatic rings. The van der Waals surface area contributed by atoms with Crippen molar-refractivity contribution in [2.24, 2.45) is 5.92 Å². The van der Waals surface area contributed by atoms with Crippen molar-refractivity contribution in [3.05, 3.63) is 48.0 Å². The molecule has 0 fully saturated rings. The lowest BCUT2D eigenvalue weighted by Crippen LogP contribution is -2.39. The van der Waals surface area contributed by atoms with Crippen LogP contribution in [0.15, 0.2) is 42.5 Å². The Hall–Kier alpha value is -2.36. The van der Waals surface area contributed by atoms with Gasteiger partial charge in [-0.05, 0) is 22.3 Å². The monoisotopic (exact) mass is 299 g/mol. The van der Waals surface area contributed by atoms with E-state index >= 15 is 0 Å². The summed E-state index contributed by atoms with van der Waals surface area (Å²) >= 11 is 0. The Labute approximate surface area is 130 Å².